The highest BCUT2D eigenvalue weighted by Gasteiger charge is 2.12. The van der Waals surface area contributed by atoms with Gasteiger partial charge in [0.25, 0.3) is 0 Å². The fourth-order valence-electron chi connectivity index (χ4n) is 1.17. The molecule has 0 aliphatic heterocycles. The minimum absolute atomic E-state index is 0.519. The van der Waals surface area contributed by atoms with Gasteiger partial charge in [0.2, 0.25) is 0 Å². The van der Waals surface area contributed by atoms with Crippen molar-refractivity contribution in [3.05, 3.63) is 29.8 Å². The van der Waals surface area contributed by atoms with E-state index in [0.717, 1.165) is 5.69 Å². The maximum atomic E-state index is 8.89. The van der Waals surface area contributed by atoms with Gasteiger partial charge in [-0.2, -0.15) is 10.4 Å². The number of nitrogens with one attached hydrogen (secondary N) is 1. The van der Waals surface area contributed by atoms with Gasteiger partial charge in [0, 0.05) is 12.4 Å². The first-order chi connectivity index (χ1) is 6.83. The number of nitrogens with zero attached hydrogens (tertiary/aromatic N) is 4. The molecule has 0 atom stereocenters. The third-order valence-corrected chi connectivity index (χ3v) is 1.86. The third-order valence-electron chi connectivity index (χ3n) is 1.86. The summed E-state index contributed by atoms with van der Waals surface area (Å²) in [6.07, 6.45) is 4.73. The molecule has 0 aliphatic carbocycles. The molecule has 0 bridgehead atoms. The Balaban J connectivity index is 2.59. The van der Waals surface area contributed by atoms with E-state index in [1.165, 1.54) is 0 Å². The third kappa shape index (κ3) is 1.23. The molecule has 0 amide bonds. The van der Waals surface area contributed by atoms with Crippen LogP contribution in [-0.4, -0.2) is 20.2 Å². The topological polar surface area (TPSA) is 78.2 Å². The number of H-pyrrole nitrogens is 1. The van der Waals surface area contributed by atoms with Gasteiger partial charge >= 0.3 is 0 Å². The van der Waals surface area contributed by atoms with Crippen LogP contribution in [0.4, 0.5) is 0 Å². The van der Waals surface area contributed by atoms with E-state index in [1.54, 1.807) is 25.5 Å². The summed E-state index contributed by atoms with van der Waals surface area (Å²) in [6, 6.07) is 2.08. The second kappa shape index (κ2) is 3.26. The minimum atomic E-state index is 0.519. The molecule has 2 heterocycles. The molecular weight excluding hydrogens is 178 g/mol. The molecule has 0 fully saturated rings. The Bertz CT molecular complexity index is 480. The summed E-state index contributed by atoms with van der Waals surface area (Å²) in [4.78, 5) is 7.99. The molecule has 1 N–H and O–H groups in total. The van der Waals surface area contributed by atoms with Crippen LogP contribution in [0.3, 0.4) is 0 Å². The quantitative estimate of drug-likeness (QED) is 0.720. The van der Waals surface area contributed by atoms with Crippen LogP contribution in [0.1, 0.15) is 11.3 Å². The fraction of sp³-hybridized carbons (Fsp3) is 0.111. The zero-order valence-corrected chi connectivity index (χ0v) is 7.52. The molecule has 0 aliphatic rings. The molecule has 2 rings (SSSR count). The first kappa shape index (κ1) is 8.38. The molecule has 14 heavy (non-hydrogen) atoms. The molecule has 2 aromatic rings. The van der Waals surface area contributed by atoms with Crippen molar-refractivity contribution in [3.63, 3.8) is 0 Å². The number of aromatic amines is 1. The van der Waals surface area contributed by atoms with Crippen LogP contribution in [0.15, 0.2) is 18.6 Å². The smallest absolute Gasteiger partial charge is 0.130 e. The van der Waals surface area contributed by atoms with E-state index in [1.807, 2.05) is 0 Å². The van der Waals surface area contributed by atoms with E-state index in [4.69, 9.17) is 5.26 Å². The van der Waals surface area contributed by atoms with Gasteiger partial charge in [0.15, 0.2) is 0 Å². The normalized spacial score (nSPS) is 9.71. The van der Waals surface area contributed by atoms with Gasteiger partial charge in [-0.25, -0.2) is 0 Å². The Labute approximate surface area is 80.4 Å². The van der Waals surface area contributed by atoms with Crippen molar-refractivity contribution in [2.75, 3.05) is 0 Å². The SMILES string of the molecule is Cc1[nH]nc(-c2cnccn2)c1C#N. The minimum Gasteiger partial charge on any atom is -0.281 e. The largest absolute Gasteiger partial charge is 0.281 e. The standard InChI is InChI=1S/C9H7N5/c1-6-7(4-10)9(14-13-6)8-5-11-2-3-12-8/h2-3,5H,1H3,(H,13,14). The van der Waals surface area contributed by atoms with Crippen molar-refractivity contribution in [1.29, 1.82) is 5.26 Å². The van der Waals surface area contributed by atoms with E-state index in [0.29, 0.717) is 17.0 Å². The maximum absolute atomic E-state index is 8.89. The number of aryl methyl sites for hydroxylation is 1. The van der Waals surface area contributed by atoms with Crippen LogP contribution in [-0.2, 0) is 0 Å². The molecule has 0 saturated heterocycles. The predicted octanol–water partition coefficient (Wildman–Crippen LogP) is 1.05. The van der Waals surface area contributed by atoms with Crippen molar-refractivity contribution in [1.82, 2.24) is 20.2 Å². The monoisotopic (exact) mass is 185 g/mol. The Morgan fingerprint density at radius 1 is 1.43 bits per heavy atom. The van der Waals surface area contributed by atoms with E-state index in [9.17, 15) is 0 Å². The summed E-state index contributed by atoms with van der Waals surface area (Å²) in [5.41, 5.74) is 2.42. The molecule has 68 valence electrons. The van der Waals surface area contributed by atoms with Crippen molar-refractivity contribution in [2.24, 2.45) is 0 Å². The van der Waals surface area contributed by atoms with Gasteiger partial charge < -0.3 is 0 Å². The Hall–Kier alpha value is -2.22. The lowest BCUT2D eigenvalue weighted by Gasteiger charge is -1.93. The number of hydrogen-bond acceptors (Lipinski definition) is 4. The van der Waals surface area contributed by atoms with Crippen LogP contribution in [0.2, 0.25) is 0 Å². The van der Waals surface area contributed by atoms with E-state index in [2.05, 4.69) is 26.2 Å². The highest BCUT2D eigenvalue weighted by atomic mass is 15.1. The van der Waals surface area contributed by atoms with E-state index >= 15 is 0 Å². The zero-order chi connectivity index (χ0) is 9.97. The second-order valence-corrected chi connectivity index (χ2v) is 2.77. The lowest BCUT2D eigenvalue weighted by molar-refractivity contribution is 1.04. The Morgan fingerprint density at radius 3 is 2.93 bits per heavy atom. The molecule has 0 aromatic carbocycles. The van der Waals surface area contributed by atoms with E-state index in [-0.39, 0.29) is 0 Å². The summed E-state index contributed by atoms with van der Waals surface area (Å²) in [5, 5.41) is 15.6. The van der Waals surface area contributed by atoms with Crippen LogP contribution in [0.5, 0.6) is 0 Å². The van der Waals surface area contributed by atoms with Gasteiger partial charge in [-0.1, -0.05) is 0 Å². The van der Waals surface area contributed by atoms with Gasteiger partial charge in [0.1, 0.15) is 23.0 Å². The van der Waals surface area contributed by atoms with Crippen LogP contribution >= 0.6 is 0 Å². The summed E-state index contributed by atoms with van der Waals surface area (Å²) >= 11 is 0. The van der Waals surface area contributed by atoms with Crippen molar-refractivity contribution >= 4 is 0 Å². The predicted molar refractivity (Wildman–Crippen MR) is 49.1 cm³/mol. The molecule has 0 unspecified atom stereocenters. The molecule has 0 spiro atoms. The van der Waals surface area contributed by atoms with Gasteiger partial charge in [-0.3, -0.25) is 15.1 Å². The highest BCUT2D eigenvalue weighted by Crippen LogP contribution is 2.19. The van der Waals surface area contributed by atoms with E-state index < -0.39 is 0 Å². The van der Waals surface area contributed by atoms with Crippen LogP contribution in [0.25, 0.3) is 11.4 Å². The molecular formula is C9H7N5. The lowest BCUT2D eigenvalue weighted by Crippen LogP contribution is -1.87. The molecule has 5 heteroatoms. The first-order valence-electron chi connectivity index (χ1n) is 4.04. The number of nitriles is 1. The van der Waals surface area contributed by atoms with Crippen LogP contribution < -0.4 is 0 Å². The fourth-order valence-corrected chi connectivity index (χ4v) is 1.17. The zero-order valence-electron chi connectivity index (χ0n) is 7.52. The molecule has 2 aromatic heterocycles. The average molecular weight is 185 g/mol. The first-order valence-corrected chi connectivity index (χ1v) is 4.04. The number of aromatic nitrogens is 4. The number of rotatable bonds is 1. The highest BCUT2D eigenvalue weighted by molar-refractivity contribution is 5.63. The van der Waals surface area contributed by atoms with Gasteiger partial charge in [-0.05, 0) is 6.92 Å². The average Bonchev–Trinajstić information content (AvgIpc) is 2.61. The molecule has 0 saturated carbocycles. The van der Waals surface area contributed by atoms with Crippen molar-refractivity contribution in [3.8, 4) is 17.5 Å². The molecule has 0 radical (unpaired) electrons. The van der Waals surface area contributed by atoms with Crippen molar-refractivity contribution < 1.29 is 0 Å². The summed E-state index contributed by atoms with van der Waals surface area (Å²) < 4.78 is 0. The Morgan fingerprint density at radius 2 is 2.29 bits per heavy atom. The maximum Gasteiger partial charge on any atom is 0.130 e. The number of hydrogen-bond donors (Lipinski definition) is 1. The molecule has 5 nitrogen and oxygen atoms in total. The summed E-state index contributed by atoms with van der Waals surface area (Å²) in [6.45, 7) is 1.80. The summed E-state index contributed by atoms with van der Waals surface area (Å²) in [5.74, 6) is 0. The Kier molecular flexibility index (Phi) is 1.95. The van der Waals surface area contributed by atoms with Gasteiger partial charge in [0.05, 0.1) is 11.9 Å². The lowest BCUT2D eigenvalue weighted by atomic mass is 10.2. The van der Waals surface area contributed by atoms with Crippen LogP contribution in [0, 0.1) is 18.3 Å². The van der Waals surface area contributed by atoms with Crippen molar-refractivity contribution in [2.45, 2.75) is 6.92 Å². The summed E-state index contributed by atoms with van der Waals surface area (Å²) in [7, 11) is 0. The van der Waals surface area contributed by atoms with Gasteiger partial charge in [-0.15, -0.1) is 0 Å². The second-order valence-electron chi connectivity index (χ2n) is 2.77.